The van der Waals surface area contributed by atoms with Crippen LogP contribution in [-0.2, 0) is 19.6 Å². The van der Waals surface area contributed by atoms with Gasteiger partial charge in [-0.05, 0) is 83.0 Å². The number of nitrogens with one attached hydrogen (secondary N) is 1. The van der Waals surface area contributed by atoms with Crippen LogP contribution in [0.3, 0.4) is 0 Å². The summed E-state index contributed by atoms with van der Waals surface area (Å²) in [5.41, 5.74) is 2.02. The molecule has 2 rings (SSSR count). The van der Waals surface area contributed by atoms with Crippen LogP contribution in [0, 0.1) is 13.8 Å². The number of carbonyl (C=O) groups excluding carboxylic acids is 2. The molecule has 0 aliphatic heterocycles. The molecule has 0 bridgehead atoms. The van der Waals surface area contributed by atoms with Gasteiger partial charge in [-0.25, -0.2) is 13.2 Å². The first-order valence-electron chi connectivity index (χ1n) is 10.1. The minimum Gasteiger partial charge on any atom is -0.452 e. The minimum absolute atomic E-state index is 0.00412. The number of nitrogens with zero attached hydrogens (tertiary/aromatic N) is 1. The van der Waals surface area contributed by atoms with E-state index in [9.17, 15) is 18.0 Å². The van der Waals surface area contributed by atoms with Crippen LogP contribution >= 0.6 is 0 Å². The van der Waals surface area contributed by atoms with Crippen LogP contribution in [0.2, 0.25) is 0 Å². The van der Waals surface area contributed by atoms with Crippen LogP contribution in [-0.4, -0.2) is 43.9 Å². The monoisotopic (exact) mass is 446 g/mol. The van der Waals surface area contributed by atoms with Crippen LogP contribution < -0.4 is 4.72 Å². The number of esters is 1. The Morgan fingerprint density at radius 3 is 2.10 bits per heavy atom. The molecule has 0 fully saturated rings. The van der Waals surface area contributed by atoms with E-state index in [4.69, 9.17) is 4.74 Å². The molecule has 0 atom stereocenters. The van der Waals surface area contributed by atoms with Crippen molar-refractivity contribution in [2.45, 2.75) is 58.5 Å². The highest BCUT2D eigenvalue weighted by molar-refractivity contribution is 7.92. The number of anilines is 1. The third kappa shape index (κ3) is 6.30. The Morgan fingerprint density at radius 2 is 1.55 bits per heavy atom. The average molecular weight is 447 g/mol. The maximum absolute atomic E-state index is 12.7. The normalized spacial score (nSPS) is 11.5. The first kappa shape index (κ1) is 24.4. The molecular weight excluding hydrogens is 416 g/mol. The van der Waals surface area contributed by atoms with E-state index in [1.807, 2.05) is 40.7 Å². The van der Waals surface area contributed by atoms with Crippen LogP contribution in [0.4, 0.5) is 5.69 Å². The fourth-order valence-corrected chi connectivity index (χ4v) is 4.73. The number of hydrogen-bond donors (Lipinski definition) is 1. The molecule has 2 aromatic carbocycles. The van der Waals surface area contributed by atoms with E-state index in [2.05, 4.69) is 4.72 Å². The molecule has 0 heterocycles. The van der Waals surface area contributed by atoms with Crippen LogP contribution in [0.1, 0.15) is 49.2 Å². The quantitative estimate of drug-likeness (QED) is 0.621. The lowest BCUT2D eigenvalue weighted by Crippen LogP contribution is -2.44. The second-order valence-corrected chi connectivity index (χ2v) is 9.67. The van der Waals surface area contributed by atoms with Gasteiger partial charge < -0.3 is 9.64 Å². The average Bonchev–Trinajstić information content (AvgIpc) is 2.67. The number of benzene rings is 2. The number of amides is 1. The van der Waals surface area contributed by atoms with Crippen LogP contribution in [0.15, 0.2) is 47.4 Å². The molecule has 0 radical (unpaired) electrons. The summed E-state index contributed by atoms with van der Waals surface area (Å²) in [6.45, 7) is 10.8. The van der Waals surface area contributed by atoms with E-state index in [0.29, 0.717) is 11.3 Å². The zero-order chi connectivity index (χ0) is 23.3. The van der Waals surface area contributed by atoms with E-state index < -0.39 is 16.0 Å². The lowest BCUT2D eigenvalue weighted by molar-refractivity contribution is -0.138. The number of rotatable bonds is 8. The highest BCUT2D eigenvalue weighted by Crippen LogP contribution is 2.21. The van der Waals surface area contributed by atoms with Gasteiger partial charge in [0.15, 0.2) is 6.61 Å². The third-order valence-electron chi connectivity index (χ3n) is 4.73. The van der Waals surface area contributed by atoms with E-state index >= 15 is 0 Å². The van der Waals surface area contributed by atoms with Crippen molar-refractivity contribution in [2.24, 2.45) is 0 Å². The Kier molecular flexibility index (Phi) is 7.84. The summed E-state index contributed by atoms with van der Waals surface area (Å²) in [6, 6.07) is 11.1. The zero-order valence-electron chi connectivity index (χ0n) is 18.8. The lowest BCUT2D eigenvalue weighted by atomic mass is 10.2. The van der Waals surface area contributed by atoms with Crippen molar-refractivity contribution in [3.8, 4) is 0 Å². The predicted octanol–water partition coefficient (Wildman–Crippen LogP) is 3.91. The number of ether oxygens (including phenoxy) is 1. The van der Waals surface area contributed by atoms with Crippen molar-refractivity contribution >= 4 is 27.6 Å². The van der Waals surface area contributed by atoms with Crippen LogP contribution in [0.5, 0.6) is 0 Å². The van der Waals surface area contributed by atoms with Crippen molar-refractivity contribution in [2.75, 3.05) is 11.3 Å². The summed E-state index contributed by atoms with van der Waals surface area (Å²) in [4.78, 5) is 26.5. The summed E-state index contributed by atoms with van der Waals surface area (Å²) < 4.78 is 33.1. The van der Waals surface area contributed by atoms with Crippen molar-refractivity contribution in [1.29, 1.82) is 0 Å². The van der Waals surface area contributed by atoms with Gasteiger partial charge in [0.25, 0.3) is 15.9 Å². The number of sulfonamides is 1. The van der Waals surface area contributed by atoms with Gasteiger partial charge in [-0.2, -0.15) is 0 Å². The second-order valence-electron chi connectivity index (χ2n) is 8.02. The molecule has 0 spiro atoms. The second kappa shape index (κ2) is 9.96. The van der Waals surface area contributed by atoms with Gasteiger partial charge >= 0.3 is 5.97 Å². The first-order valence-corrected chi connectivity index (χ1v) is 11.6. The largest absolute Gasteiger partial charge is 0.452 e. The van der Waals surface area contributed by atoms with Gasteiger partial charge in [-0.15, -0.1) is 0 Å². The number of carbonyl (C=O) groups is 2. The van der Waals surface area contributed by atoms with E-state index in [-0.39, 0.29) is 35.1 Å². The SMILES string of the molecule is Cc1ccc(C)c(S(=O)(=O)Nc2ccc(C(=O)OCC(=O)N(C(C)C)C(C)C)cc2)c1. The van der Waals surface area contributed by atoms with E-state index in [1.54, 1.807) is 24.0 Å². The third-order valence-corrected chi connectivity index (χ3v) is 6.26. The molecule has 31 heavy (non-hydrogen) atoms. The Bertz CT molecular complexity index is 1040. The number of hydrogen-bond acceptors (Lipinski definition) is 5. The van der Waals surface area contributed by atoms with Gasteiger partial charge in [0, 0.05) is 17.8 Å². The highest BCUT2D eigenvalue weighted by atomic mass is 32.2. The molecule has 0 aliphatic carbocycles. The Labute approximate surface area is 184 Å². The standard InChI is InChI=1S/C23H30N2O5S/c1-15(2)25(16(3)4)22(26)14-30-23(27)19-9-11-20(12-10-19)24-31(28,29)21-13-17(5)7-8-18(21)6/h7-13,15-16,24H,14H2,1-6H3. The summed E-state index contributed by atoms with van der Waals surface area (Å²) >= 11 is 0. The number of aryl methyl sites for hydroxylation is 2. The molecule has 0 saturated heterocycles. The molecule has 1 N–H and O–H groups in total. The first-order chi connectivity index (χ1) is 14.4. The fraction of sp³-hybridized carbons (Fsp3) is 0.391. The van der Waals surface area contributed by atoms with Gasteiger partial charge in [0.05, 0.1) is 10.5 Å². The van der Waals surface area contributed by atoms with Gasteiger partial charge in [-0.1, -0.05) is 12.1 Å². The Hall–Kier alpha value is -2.87. The summed E-state index contributed by atoms with van der Waals surface area (Å²) in [5, 5.41) is 0. The smallest absolute Gasteiger partial charge is 0.338 e. The van der Waals surface area contributed by atoms with E-state index in [1.165, 1.54) is 24.3 Å². The van der Waals surface area contributed by atoms with Crippen LogP contribution in [0.25, 0.3) is 0 Å². The zero-order valence-corrected chi connectivity index (χ0v) is 19.6. The molecule has 7 nitrogen and oxygen atoms in total. The van der Waals surface area contributed by atoms with Gasteiger partial charge in [0.1, 0.15) is 0 Å². The summed E-state index contributed by atoms with van der Waals surface area (Å²) in [5.74, 6) is -0.916. The van der Waals surface area contributed by atoms with Crippen molar-refractivity contribution in [1.82, 2.24) is 4.90 Å². The predicted molar refractivity (Wildman–Crippen MR) is 121 cm³/mol. The highest BCUT2D eigenvalue weighted by Gasteiger charge is 2.22. The topological polar surface area (TPSA) is 92.8 Å². The van der Waals surface area contributed by atoms with E-state index in [0.717, 1.165) is 5.56 Å². The maximum Gasteiger partial charge on any atom is 0.338 e. The minimum atomic E-state index is -3.76. The summed E-state index contributed by atoms with van der Waals surface area (Å²) in [7, 11) is -3.76. The Morgan fingerprint density at radius 1 is 0.968 bits per heavy atom. The van der Waals surface area contributed by atoms with Gasteiger partial charge in [0.2, 0.25) is 0 Å². The van der Waals surface area contributed by atoms with Gasteiger partial charge in [-0.3, -0.25) is 9.52 Å². The maximum atomic E-state index is 12.7. The van der Waals surface area contributed by atoms with Crippen molar-refractivity contribution in [3.05, 3.63) is 59.2 Å². The molecule has 168 valence electrons. The molecule has 2 aromatic rings. The molecule has 8 heteroatoms. The molecule has 0 saturated carbocycles. The molecular formula is C23H30N2O5S. The fourth-order valence-electron chi connectivity index (χ4n) is 3.34. The molecule has 1 amide bonds. The van der Waals surface area contributed by atoms with Crippen molar-refractivity contribution < 1.29 is 22.7 Å². The lowest BCUT2D eigenvalue weighted by Gasteiger charge is -2.30. The van der Waals surface area contributed by atoms with Crippen molar-refractivity contribution in [3.63, 3.8) is 0 Å². The Balaban J connectivity index is 2.05. The molecule has 0 aromatic heterocycles. The molecule has 0 unspecified atom stereocenters. The molecule has 0 aliphatic rings. The summed E-state index contributed by atoms with van der Waals surface area (Å²) in [6.07, 6.45) is 0.